The molecule has 2 heterocycles. The van der Waals surface area contributed by atoms with E-state index in [0.717, 1.165) is 23.1 Å². The minimum atomic E-state index is -0.631. The number of hydrogen-bond donors (Lipinski definition) is 3. The Labute approximate surface area is 176 Å². The highest BCUT2D eigenvalue weighted by Gasteiger charge is 2.12. The Kier molecular flexibility index (Phi) is 7.48. The van der Waals surface area contributed by atoms with Gasteiger partial charge in [-0.05, 0) is 48.4 Å². The number of anilines is 1. The zero-order valence-corrected chi connectivity index (χ0v) is 17.0. The van der Waals surface area contributed by atoms with Crippen molar-refractivity contribution in [2.75, 3.05) is 25.9 Å². The maximum Gasteiger partial charge on any atom is 0.253 e. The largest absolute Gasteiger partial charge is 0.387 e. The summed E-state index contributed by atoms with van der Waals surface area (Å²) in [6.07, 6.45) is 5.23. The van der Waals surface area contributed by atoms with E-state index in [1.165, 1.54) is 0 Å². The molecule has 0 spiro atoms. The van der Waals surface area contributed by atoms with Gasteiger partial charge in [0.2, 0.25) is 0 Å². The van der Waals surface area contributed by atoms with Crippen molar-refractivity contribution >= 4 is 11.7 Å². The summed E-state index contributed by atoms with van der Waals surface area (Å²) in [5, 5.41) is 13.4. The van der Waals surface area contributed by atoms with Gasteiger partial charge in [-0.25, -0.2) is 4.98 Å². The SMILES string of the molecule is CN(Cc1cccnc1)C(=O)c1ccc(CCNC[C@H](O)c2ccc(N)nc2)cc1. The van der Waals surface area contributed by atoms with Crippen LogP contribution in [0.25, 0.3) is 0 Å². The maximum atomic E-state index is 12.6. The number of amides is 1. The van der Waals surface area contributed by atoms with Crippen molar-refractivity contribution in [3.8, 4) is 0 Å². The lowest BCUT2D eigenvalue weighted by Gasteiger charge is -2.17. The number of nitrogens with zero attached hydrogens (tertiary/aromatic N) is 3. The second kappa shape index (κ2) is 10.5. The third kappa shape index (κ3) is 6.10. The lowest BCUT2D eigenvalue weighted by atomic mass is 10.1. The zero-order chi connectivity index (χ0) is 21.3. The predicted octanol–water partition coefficient (Wildman–Crippen LogP) is 2.20. The van der Waals surface area contributed by atoms with Crippen molar-refractivity contribution in [1.82, 2.24) is 20.2 Å². The van der Waals surface area contributed by atoms with E-state index in [0.29, 0.717) is 31.0 Å². The lowest BCUT2D eigenvalue weighted by Crippen LogP contribution is -2.26. The van der Waals surface area contributed by atoms with Crippen LogP contribution in [0.3, 0.4) is 0 Å². The van der Waals surface area contributed by atoms with Gasteiger partial charge in [-0.15, -0.1) is 0 Å². The van der Waals surface area contributed by atoms with Crippen LogP contribution in [0.1, 0.15) is 33.2 Å². The van der Waals surface area contributed by atoms with Crippen LogP contribution in [0.5, 0.6) is 0 Å². The van der Waals surface area contributed by atoms with E-state index in [1.807, 2.05) is 36.4 Å². The monoisotopic (exact) mass is 405 g/mol. The number of nitrogens with two attached hydrogens (primary N) is 1. The molecule has 7 nitrogen and oxygen atoms in total. The van der Waals surface area contributed by atoms with E-state index in [2.05, 4.69) is 15.3 Å². The molecule has 30 heavy (non-hydrogen) atoms. The second-order valence-corrected chi connectivity index (χ2v) is 7.21. The molecule has 0 unspecified atom stereocenters. The van der Waals surface area contributed by atoms with Gasteiger partial charge < -0.3 is 21.1 Å². The highest BCUT2D eigenvalue weighted by Crippen LogP contribution is 2.12. The molecular formula is C23H27N5O2. The molecule has 1 aromatic carbocycles. The first-order valence-corrected chi connectivity index (χ1v) is 9.86. The molecule has 1 amide bonds. The fraction of sp³-hybridized carbons (Fsp3) is 0.261. The number of carbonyl (C=O) groups is 1. The summed E-state index contributed by atoms with van der Waals surface area (Å²) < 4.78 is 0. The van der Waals surface area contributed by atoms with Gasteiger partial charge in [0.15, 0.2) is 0 Å². The summed E-state index contributed by atoms with van der Waals surface area (Å²) in [6, 6.07) is 14.9. The van der Waals surface area contributed by atoms with Crippen molar-refractivity contribution < 1.29 is 9.90 Å². The molecule has 0 fully saturated rings. The fourth-order valence-corrected chi connectivity index (χ4v) is 3.07. The Morgan fingerprint density at radius 1 is 1.13 bits per heavy atom. The highest BCUT2D eigenvalue weighted by atomic mass is 16.3. The van der Waals surface area contributed by atoms with Gasteiger partial charge in [0.25, 0.3) is 5.91 Å². The van der Waals surface area contributed by atoms with Gasteiger partial charge in [0.1, 0.15) is 5.82 Å². The first-order valence-electron chi connectivity index (χ1n) is 9.86. The number of rotatable bonds is 9. The van der Waals surface area contributed by atoms with Crippen LogP contribution in [-0.2, 0) is 13.0 Å². The third-order valence-electron chi connectivity index (χ3n) is 4.81. The molecule has 0 bridgehead atoms. The number of nitrogens with one attached hydrogen (secondary N) is 1. The molecule has 3 aromatic rings. The number of hydrogen-bond acceptors (Lipinski definition) is 6. The summed E-state index contributed by atoms with van der Waals surface area (Å²) in [5.41, 5.74) is 9.06. The first-order chi connectivity index (χ1) is 14.5. The van der Waals surface area contributed by atoms with Gasteiger partial charge in [0, 0.05) is 49.9 Å². The van der Waals surface area contributed by atoms with E-state index in [1.54, 1.807) is 42.7 Å². The molecule has 3 rings (SSSR count). The Balaban J connectivity index is 1.43. The van der Waals surface area contributed by atoms with Crippen LogP contribution in [0.15, 0.2) is 67.1 Å². The van der Waals surface area contributed by atoms with Crippen LogP contribution in [-0.4, -0.2) is 46.0 Å². The predicted molar refractivity (Wildman–Crippen MR) is 117 cm³/mol. The molecule has 0 aliphatic heterocycles. The molecule has 0 saturated carbocycles. The van der Waals surface area contributed by atoms with Crippen molar-refractivity contribution in [1.29, 1.82) is 0 Å². The Bertz CT molecular complexity index is 930. The van der Waals surface area contributed by atoms with E-state index in [-0.39, 0.29) is 5.91 Å². The van der Waals surface area contributed by atoms with Crippen LogP contribution in [0, 0.1) is 0 Å². The standard InChI is InChI=1S/C23H27N5O2/c1-28(16-18-3-2-11-25-13-18)23(30)19-6-4-17(5-7-19)10-12-26-15-21(29)20-8-9-22(24)27-14-20/h2-9,11,13-14,21,26,29H,10,12,15-16H2,1H3,(H2,24,27)/t21-/m0/s1. The zero-order valence-electron chi connectivity index (χ0n) is 17.0. The van der Waals surface area contributed by atoms with Crippen molar-refractivity contribution in [3.63, 3.8) is 0 Å². The number of benzene rings is 1. The molecule has 7 heteroatoms. The summed E-state index contributed by atoms with van der Waals surface area (Å²) in [4.78, 5) is 22.4. The molecular weight excluding hydrogens is 378 g/mol. The van der Waals surface area contributed by atoms with E-state index >= 15 is 0 Å². The second-order valence-electron chi connectivity index (χ2n) is 7.21. The fourth-order valence-electron chi connectivity index (χ4n) is 3.07. The van der Waals surface area contributed by atoms with Gasteiger partial charge in [0.05, 0.1) is 6.10 Å². The minimum absolute atomic E-state index is 0.0243. The Morgan fingerprint density at radius 2 is 1.93 bits per heavy atom. The van der Waals surface area contributed by atoms with Gasteiger partial charge >= 0.3 is 0 Å². The molecule has 4 N–H and O–H groups in total. The number of aromatic nitrogens is 2. The molecule has 1 atom stereocenters. The normalized spacial score (nSPS) is 11.8. The average molecular weight is 406 g/mol. The van der Waals surface area contributed by atoms with Gasteiger partial charge in [-0.1, -0.05) is 24.3 Å². The molecule has 0 radical (unpaired) electrons. The number of pyridine rings is 2. The molecule has 0 saturated heterocycles. The number of carbonyl (C=O) groups excluding carboxylic acids is 1. The number of aliphatic hydroxyl groups is 1. The smallest absolute Gasteiger partial charge is 0.253 e. The van der Waals surface area contributed by atoms with Gasteiger partial charge in [-0.3, -0.25) is 9.78 Å². The average Bonchev–Trinajstić information content (AvgIpc) is 2.77. The minimum Gasteiger partial charge on any atom is -0.387 e. The summed E-state index contributed by atoms with van der Waals surface area (Å²) in [6.45, 7) is 1.67. The molecule has 2 aromatic heterocycles. The quantitative estimate of drug-likeness (QED) is 0.472. The first kappa shape index (κ1) is 21.4. The number of aliphatic hydroxyl groups excluding tert-OH is 1. The maximum absolute atomic E-state index is 12.6. The van der Waals surface area contributed by atoms with Crippen molar-refractivity contribution in [2.24, 2.45) is 0 Å². The van der Waals surface area contributed by atoms with Crippen LogP contribution in [0.2, 0.25) is 0 Å². The van der Waals surface area contributed by atoms with Crippen molar-refractivity contribution in [3.05, 3.63) is 89.4 Å². The molecule has 156 valence electrons. The van der Waals surface area contributed by atoms with Crippen LogP contribution >= 0.6 is 0 Å². The van der Waals surface area contributed by atoms with Crippen LogP contribution < -0.4 is 11.1 Å². The Morgan fingerprint density at radius 3 is 2.60 bits per heavy atom. The van der Waals surface area contributed by atoms with Crippen LogP contribution in [0.4, 0.5) is 5.82 Å². The molecule has 0 aliphatic rings. The van der Waals surface area contributed by atoms with E-state index in [4.69, 9.17) is 5.73 Å². The summed E-state index contributed by atoms with van der Waals surface area (Å²) in [7, 11) is 1.79. The molecule has 0 aliphatic carbocycles. The third-order valence-corrected chi connectivity index (χ3v) is 4.81. The lowest BCUT2D eigenvalue weighted by molar-refractivity contribution is 0.0785. The Hall–Kier alpha value is -3.29. The van der Waals surface area contributed by atoms with Gasteiger partial charge in [-0.2, -0.15) is 0 Å². The van der Waals surface area contributed by atoms with E-state index in [9.17, 15) is 9.90 Å². The number of nitrogen functional groups attached to an aromatic ring is 1. The summed E-state index contributed by atoms with van der Waals surface area (Å²) in [5.74, 6) is 0.410. The van der Waals surface area contributed by atoms with E-state index < -0.39 is 6.10 Å². The topological polar surface area (TPSA) is 104 Å². The highest BCUT2D eigenvalue weighted by molar-refractivity contribution is 5.94. The summed E-state index contributed by atoms with van der Waals surface area (Å²) >= 11 is 0. The van der Waals surface area contributed by atoms with Crippen molar-refractivity contribution in [2.45, 2.75) is 19.1 Å².